The molecule has 0 heterocycles. The van der Waals surface area contributed by atoms with Crippen LogP contribution in [0.3, 0.4) is 0 Å². The average molecular weight is 255 g/mol. The largest absolute Gasteiger partial charge is 0.330 e. The van der Waals surface area contributed by atoms with Crippen molar-refractivity contribution in [3.63, 3.8) is 0 Å². The van der Waals surface area contributed by atoms with Crippen molar-refractivity contribution in [3.8, 4) is 0 Å². The van der Waals surface area contributed by atoms with Crippen molar-refractivity contribution in [1.82, 2.24) is 0 Å². The van der Waals surface area contributed by atoms with Crippen LogP contribution < -0.4 is 5.73 Å². The molecule has 0 saturated heterocycles. The summed E-state index contributed by atoms with van der Waals surface area (Å²) < 4.78 is 0. The van der Waals surface area contributed by atoms with E-state index in [4.69, 9.17) is 5.73 Å². The number of rotatable bonds is 6. The molecule has 0 aliphatic carbocycles. The molecule has 0 saturated carbocycles. The second-order valence-electron chi connectivity index (χ2n) is 5.00. The Balaban J connectivity index is 2.23. The first-order valence-corrected chi connectivity index (χ1v) is 6.95. The fourth-order valence-electron chi connectivity index (χ4n) is 2.54. The van der Waals surface area contributed by atoms with Crippen LogP contribution in [0.1, 0.15) is 25.3 Å². The van der Waals surface area contributed by atoms with Gasteiger partial charge in [0.2, 0.25) is 0 Å². The molecule has 0 fully saturated rings. The molecule has 100 valence electrons. The van der Waals surface area contributed by atoms with Gasteiger partial charge in [0, 0.05) is 18.9 Å². The van der Waals surface area contributed by atoms with Crippen molar-refractivity contribution in [2.24, 2.45) is 11.7 Å². The third kappa shape index (κ3) is 3.21. The van der Waals surface area contributed by atoms with Crippen LogP contribution in [-0.4, -0.2) is 12.3 Å². The molecule has 2 nitrogen and oxygen atoms in total. The molecule has 2 aromatic rings. The van der Waals surface area contributed by atoms with E-state index in [1.165, 1.54) is 10.8 Å². The van der Waals surface area contributed by atoms with Crippen molar-refractivity contribution in [2.45, 2.75) is 26.2 Å². The van der Waals surface area contributed by atoms with Crippen LogP contribution in [0.5, 0.6) is 0 Å². The number of benzene rings is 2. The zero-order valence-electron chi connectivity index (χ0n) is 11.4. The summed E-state index contributed by atoms with van der Waals surface area (Å²) in [4.78, 5) is 12.3. The molecule has 0 amide bonds. The number of carbonyl (C=O) groups excluding carboxylic acids is 1. The van der Waals surface area contributed by atoms with Gasteiger partial charge in [0.25, 0.3) is 0 Å². The van der Waals surface area contributed by atoms with E-state index in [9.17, 15) is 4.79 Å². The third-order valence-electron chi connectivity index (χ3n) is 3.62. The zero-order chi connectivity index (χ0) is 13.7. The minimum absolute atomic E-state index is 0.00367. The topological polar surface area (TPSA) is 43.1 Å². The molecule has 0 radical (unpaired) electrons. The number of nitrogens with two attached hydrogens (primary N) is 1. The van der Waals surface area contributed by atoms with E-state index in [1.807, 2.05) is 24.3 Å². The minimum Gasteiger partial charge on any atom is -0.330 e. The molecule has 1 atom stereocenters. The summed E-state index contributed by atoms with van der Waals surface area (Å²) in [7, 11) is 0. The van der Waals surface area contributed by atoms with Crippen molar-refractivity contribution < 1.29 is 4.79 Å². The normalized spacial score (nSPS) is 12.5. The van der Waals surface area contributed by atoms with E-state index in [0.29, 0.717) is 13.0 Å². The smallest absolute Gasteiger partial charge is 0.141 e. The zero-order valence-corrected chi connectivity index (χ0v) is 11.4. The lowest BCUT2D eigenvalue weighted by Gasteiger charge is -2.13. The lowest BCUT2D eigenvalue weighted by Crippen LogP contribution is -2.25. The molecule has 2 N–H and O–H groups in total. The van der Waals surface area contributed by atoms with Crippen LogP contribution in [0, 0.1) is 5.92 Å². The Morgan fingerprint density at radius 1 is 1.16 bits per heavy atom. The summed E-state index contributed by atoms with van der Waals surface area (Å²) in [5, 5.41) is 2.36. The molecule has 2 rings (SSSR count). The van der Waals surface area contributed by atoms with Crippen LogP contribution in [0.15, 0.2) is 42.5 Å². The van der Waals surface area contributed by atoms with Gasteiger partial charge < -0.3 is 5.73 Å². The van der Waals surface area contributed by atoms with Gasteiger partial charge in [0.15, 0.2) is 0 Å². The Kier molecular flexibility index (Phi) is 4.69. The number of carbonyl (C=O) groups is 1. The molecule has 2 heteroatoms. The van der Waals surface area contributed by atoms with Crippen molar-refractivity contribution in [3.05, 3.63) is 48.0 Å². The van der Waals surface area contributed by atoms with Gasteiger partial charge in [-0.2, -0.15) is 0 Å². The van der Waals surface area contributed by atoms with E-state index in [1.54, 1.807) is 0 Å². The van der Waals surface area contributed by atoms with Gasteiger partial charge in [-0.25, -0.2) is 0 Å². The van der Waals surface area contributed by atoms with E-state index in [2.05, 4.69) is 25.1 Å². The maximum Gasteiger partial charge on any atom is 0.141 e. The van der Waals surface area contributed by atoms with Gasteiger partial charge in [-0.3, -0.25) is 4.79 Å². The number of hydrogen-bond donors (Lipinski definition) is 1. The van der Waals surface area contributed by atoms with Gasteiger partial charge in [-0.05, 0) is 22.8 Å². The fraction of sp³-hybridized carbons (Fsp3) is 0.353. The Bertz CT molecular complexity index is 557. The predicted octanol–water partition coefficient (Wildman–Crippen LogP) is 3.33. The lowest BCUT2D eigenvalue weighted by molar-refractivity contribution is -0.122. The van der Waals surface area contributed by atoms with E-state index < -0.39 is 0 Å². The Morgan fingerprint density at radius 2 is 1.89 bits per heavy atom. The van der Waals surface area contributed by atoms with E-state index in [0.717, 1.165) is 18.4 Å². The maximum absolute atomic E-state index is 12.3. The van der Waals surface area contributed by atoms with Gasteiger partial charge in [0.05, 0.1) is 0 Å². The second kappa shape index (κ2) is 6.48. The number of ketones is 1. The highest BCUT2D eigenvalue weighted by Gasteiger charge is 2.16. The Morgan fingerprint density at radius 3 is 2.63 bits per heavy atom. The Hall–Kier alpha value is -1.67. The van der Waals surface area contributed by atoms with Crippen molar-refractivity contribution >= 4 is 16.6 Å². The lowest BCUT2D eigenvalue weighted by atomic mass is 9.92. The Labute approximate surface area is 114 Å². The van der Waals surface area contributed by atoms with Crippen LogP contribution in [0.4, 0.5) is 0 Å². The molecule has 0 aromatic heterocycles. The minimum atomic E-state index is 0.00367. The summed E-state index contributed by atoms with van der Waals surface area (Å²) in [5.74, 6) is 0.268. The number of hydrogen-bond acceptors (Lipinski definition) is 2. The van der Waals surface area contributed by atoms with Crippen molar-refractivity contribution in [2.75, 3.05) is 6.54 Å². The SMILES string of the molecule is CCCC(CN)C(=O)Cc1cccc2ccccc12. The van der Waals surface area contributed by atoms with Crippen LogP contribution >= 0.6 is 0 Å². The summed E-state index contributed by atoms with van der Waals surface area (Å²) in [6.45, 7) is 2.55. The molecule has 0 bridgehead atoms. The molecule has 0 aliphatic heterocycles. The van der Waals surface area contributed by atoms with Gasteiger partial charge in [0.1, 0.15) is 5.78 Å². The highest BCUT2D eigenvalue weighted by atomic mass is 16.1. The standard InChI is InChI=1S/C17H21NO/c1-2-6-15(12-18)17(19)11-14-9-5-8-13-7-3-4-10-16(13)14/h3-5,7-10,15H,2,6,11-12,18H2,1H3. The molecule has 2 aromatic carbocycles. The van der Waals surface area contributed by atoms with Crippen LogP contribution in [0.2, 0.25) is 0 Å². The summed E-state index contributed by atoms with van der Waals surface area (Å²) >= 11 is 0. The molecule has 0 spiro atoms. The predicted molar refractivity (Wildman–Crippen MR) is 80.1 cm³/mol. The first-order valence-electron chi connectivity index (χ1n) is 6.95. The second-order valence-corrected chi connectivity index (χ2v) is 5.00. The monoisotopic (exact) mass is 255 g/mol. The summed E-state index contributed by atoms with van der Waals surface area (Å²) in [5.41, 5.74) is 6.81. The molecule has 0 aliphatic rings. The van der Waals surface area contributed by atoms with Crippen LogP contribution in [-0.2, 0) is 11.2 Å². The fourth-order valence-corrected chi connectivity index (χ4v) is 2.54. The highest BCUT2D eigenvalue weighted by molar-refractivity contribution is 5.91. The van der Waals surface area contributed by atoms with Crippen molar-refractivity contribution in [1.29, 1.82) is 0 Å². The van der Waals surface area contributed by atoms with Crippen LogP contribution in [0.25, 0.3) is 10.8 Å². The molecular formula is C17H21NO. The molecule has 19 heavy (non-hydrogen) atoms. The third-order valence-corrected chi connectivity index (χ3v) is 3.62. The number of fused-ring (bicyclic) bond motifs is 1. The maximum atomic E-state index is 12.3. The highest BCUT2D eigenvalue weighted by Crippen LogP contribution is 2.20. The van der Waals surface area contributed by atoms with Gasteiger partial charge in [-0.1, -0.05) is 55.8 Å². The first-order chi connectivity index (χ1) is 9.26. The van der Waals surface area contributed by atoms with E-state index in [-0.39, 0.29) is 11.7 Å². The van der Waals surface area contributed by atoms with Gasteiger partial charge >= 0.3 is 0 Å². The summed E-state index contributed by atoms with van der Waals surface area (Å²) in [6, 6.07) is 14.3. The average Bonchev–Trinajstić information content (AvgIpc) is 2.45. The number of Topliss-reactive ketones (excluding diaryl/α,β-unsaturated/α-hetero) is 1. The van der Waals surface area contributed by atoms with Gasteiger partial charge in [-0.15, -0.1) is 0 Å². The quantitative estimate of drug-likeness (QED) is 0.860. The first kappa shape index (κ1) is 13.8. The molecular weight excluding hydrogens is 234 g/mol. The summed E-state index contributed by atoms with van der Waals surface area (Å²) in [6.07, 6.45) is 2.38. The molecule has 1 unspecified atom stereocenters. The van der Waals surface area contributed by atoms with E-state index >= 15 is 0 Å².